The zero-order valence-corrected chi connectivity index (χ0v) is 13.5. The van der Waals surface area contributed by atoms with Gasteiger partial charge in [-0.25, -0.2) is 0 Å². The molecule has 0 saturated carbocycles. The molecule has 0 aliphatic heterocycles. The van der Waals surface area contributed by atoms with Crippen LogP contribution in [0.1, 0.15) is 30.4 Å². The number of benzene rings is 2. The topological polar surface area (TPSA) is 29.1 Å². The van der Waals surface area contributed by atoms with E-state index >= 15 is 0 Å². The lowest BCUT2D eigenvalue weighted by Gasteiger charge is -2.13. The van der Waals surface area contributed by atoms with Crippen molar-refractivity contribution in [2.24, 2.45) is 0 Å². The normalized spacial score (nSPS) is 13.6. The lowest BCUT2D eigenvalue weighted by atomic mass is 9.98. The molecule has 2 aromatic carbocycles. The number of nitrogens with one attached hydrogen (secondary N) is 1. The smallest absolute Gasteiger partial charge is 0.0483 e. The van der Waals surface area contributed by atoms with Crippen molar-refractivity contribution < 1.29 is 4.21 Å². The first-order valence-electron chi connectivity index (χ1n) is 7.33. The summed E-state index contributed by atoms with van der Waals surface area (Å²) in [6.45, 7) is 3.20. The third-order valence-electron chi connectivity index (χ3n) is 3.57. The molecule has 0 spiro atoms. The lowest BCUT2D eigenvalue weighted by molar-refractivity contribution is 0.686. The highest BCUT2D eigenvalue weighted by atomic mass is 32.2. The van der Waals surface area contributed by atoms with Crippen LogP contribution in [0.25, 0.3) is 0 Å². The van der Waals surface area contributed by atoms with Crippen LogP contribution >= 0.6 is 0 Å². The molecule has 2 nitrogen and oxygen atoms in total. The molecular weight excluding hydrogens is 278 g/mol. The van der Waals surface area contributed by atoms with Crippen LogP contribution in [0, 0.1) is 0 Å². The molecule has 0 fully saturated rings. The van der Waals surface area contributed by atoms with Crippen LogP contribution in [0.5, 0.6) is 0 Å². The Hall–Kier alpha value is -1.61. The monoisotopic (exact) mass is 301 g/mol. The molecule has 3 heteroatoms. The van der Waals surface area contributed by atoms with Gasteiger partial charge in [0, 0.05) is 35.0 Å². The van der Waals surface area contributed by atoms with E-state index in [0.717, 1.165) is 24.2 Å². The van der Waals surface area contributed by atoms with Gasteiger partial charge in [-0.15, -0.1) is 0 Å². The molecule has 0 radical (unpaired) electrons. The summed E-state index contributed by atoms with van der Waals surface area (Å²) in [6, 6.07) is 18.8. The van der Waals surface area contributed by atoms with Gasteiger partial charge in [0.25, 0.3) is 0 Å². The molecule has 0 bridgehead atoms. The Balaban J connectivity index is 1.84. The molecule has 2 aromatic rings. The number of hydrogen-bond acceptors (Lipinski definition) is 2. The van der Waals surface area contributed by atoms with Crippen LogP contribution in [0.2, 0.25) is 0 Å². The highest BCUT2D eigenvalue weighted by Crippen LogP contribution is 2.19. The SMILES string of the molecule is C[C@H](CCNc1cccc(C[S@](C)=O)c1)c1ccccc1. The van der Waals surface area contributed by atoms with Crippen molar-refractivity contribution in [1.29, 1.82) is 0 Å². The largest absolute Gasteiger partial charge is 0.385 e. The van der Waals surface area contributed by atoms with Crippen molar-refractivity contribution in [1.82, 2.24) is 0 Å². The Bertz CT molecular complexity index is 583. The second kappa shape index (κ2) is 7.99. The average molecular weight is 301 g/mol. The van der Waals surface area contributed by atoms with E-state index in [-0.39, 0.29) is 0 Å². The van der Waals surface area contributed by atoms with Gasteiger partial charge >= 0.3 is 0 Å². The van der Waals surface area contributed by atoms with E-state index in [2.05, 4.69) is 54.7 Å². The Labute approximate surface area is 130 Å². The molecule has 0 saturated heterocycles. The van der Waals surface area contributed by atoms with Crippen molar-refractivity contribution in [3.8, 4) is 0 Å². The molecule has 0 aliphatic rings. The highest BCUT2D eigenvalue weighted by molar-refractivity contribution is 7.83. The Morgan fingerprint density at radius 1 is 1.10 bits per heavy atom. The van der Waals surface area contributed by atoms with E-state index in [4.69, 9.17) is 0 Å². The maximum atomic E-state index is 11.3. The van der Waals surface area contributed by atoms with Gasteiger partial charge in [0.2, 0.25) is 0 Å². The standard InChI is InChI=1S/C18H23NOS/c1-15(17-8-4-3-5-9-17)11-12-19-18-10-6-7-16(13-18)14-21(2)20/h3-10,13,15,19H,11-12,14H2,1-2H3/t15-,21+/m1/s1. The van der Waals surface area contributed by atoms with E-state index in [1.54, 1.807) is 6.26 Å². The molecule has 112 valence electrons. The second-order valence-electron chi connectivity index (χ2n) is 5.45. The summed E-state index contributed by atoms with van der Waals surface area (Å²) < 4.78 is 11.3. The number of hydrogen-bond donors (Lipinski definition) is 1. The van der Waals surface area contributed by atoms with Crippen LogP contribution in [0.4, 0.5) is 5.69 Å². The number of anilines is 1. The molecule has 2 rings (SSSR count). The Morgan fingerprint density at radius 2 is 1.86 bits per heavy atom. The van der Waals surface area contributed by atoms with Crippen molar-refractivity contribution in [2.45, 2.75) is 25.0 Å². The first kappa shape index (κ1) is 15.8. The fourth-order valence-corrected chi connectivity index (χ4v) is 3.04. The minimum atomic E-state index is -0.791. The third-order valence-corrected chi connectivity index (χ3v) is 4.31. The summed E-state index contributed by atoms with van der Waals surface area (Å²) in [5.41, 5.74) is 3.62. The molecule has 0 aromatic heterocycles. The Morgan fingerprint density at radius 3 is 2.57 bits per heavy atom. The zero-order valence-electron chi connectivity index (χ0n) is 12.7. The predicted molar refractivity (Wildman–Crippen MR) is 92.2 cm³/mol. The van der Waals surface area contributed by atoms with Crippen molar-refractivity contribution in [3.63, 3.8) is 0 Å². The van der Waals surface area contributed by atoms with Gasteiger partial charge < -0.3 is 5.32 Å². The van der Waals surface area contributed by atoms with Gasteiger partial charge in [0.05, 0.1) is 0 Å². The van der Waals surface area contributed by atoms with Crippen LogP contribution < -0.4 is 5.32 Å². The summed E-state index contributed by atoms with van der Waals surface area (Å²) in [5, 5.41) is 3.46. The average Bonchev–Trinajstić information content (AvgIpc) is 2.48. The second-order valence-corrected chi connectivity index (χ2v) is 6.88. The third kappa shape index (κ3) is 5.35. The minimum Gasteiger partial charge on any atom is -0.385 e. The first-order valence-corrected chi connectivity index (χ1v) is 9.05. The molecule has 0 unspecified atom stereocenters. The van der Waals surface area contributed by atoms with Crippen LogP contribution in [0.15, 0.2) is 54.6 Å². The van der Waals surface area contributed by atoms with E-state index < -0.39 is 10.8 Å². The van der Waals surface area contributed by atoms with Gasteiger partial charge in [0.1, 0.15) is 0 Å². The van der Waals surface area contributed by atoms with E-state index in [1.807, 2.05) is 12.1 Å². The van der Waals surface area contributed by atoms with E-state index in [0.29, 0.717) is 11.7 Å². The number of rotatable bonds is 7. The van der Waals surface area contributed by atoms with Crippen LogP contribution in [-0.2, 0) is 16.6 Å². The Kier molecular flexibility index (Phi) is 6.00. The van der Waals surface area contributed by atoms with Crippen LogP contribution in [-0.4, -0.2) is 17.0 Å². The van der Waals surface area contributed by atoms with E-state index in [1.165, 1.54) is 5.56 Å². The van der Waals surface area contributed by atoms with Gasteiger partial charge in [-0.05, 0) is 35.6 Å². The fraction of sp³-hybridized carbons (Fsp3) is 0.333. The zero-order chi connectivity index (χ0) is 15.1. The maximum absolute atomic E-state index is 11.3. The van der Waals surface area contributed by atoms with Gasteiger partial charge in [0.15, 0.2) is 0 Å². The fourth-order valence-electron chi connectivity index (χ4n) is 2.39. The summed E-state index contributed by atoms with van der Waals surface area (Å²) >= 11 is 0. The highest BCUT2D eigenvalue weighted by Gasteiger charge is 2.04. The van der Waals surface area contributed by atoms with Crippen molar-refractivity contribution in [3.05, 3.63) is 65.7 Å². The summed E-state index contributed by atoms with van der Waals surface area (Å²) in [6.07, 6.45) is 2.83. The molecule has 2 atom stereocenters. The quantitative estimate of drug-likeness (QED) is 0.831. The summed E-state index contributed by atoms with van der Waals surface area (Å²) in [5.74, 6) is 1.17. The lowest BCUT2D eigenvalue weighted by Crippen LogP contribution is -2.06. The van der Waals surface area contributed by atoms with E-state index in [9.17, 15) is 4.21 Å². The van der Waals surface area contributed by atoms with Gasteiger partial charge in [-0.3, -0.25) is 4.21 Å². The molecule has 0 heterocycles. The molecular formula is C18H23NOS. The molecule has 0 amide bonds. The van der Waals surface area contributed by atoms with Gasteiger partial charge in [-0.2, -0.15) is 0 Å². The molecule has 21 heavy (non-hydrogen) atoms. The van der Waals surface area contributed by atoms with Crippen molar-refractivity contribution >= 4 is 16.5 Å². The molecule has 0 aliphatic carbocycles. The minimum absolute atomic E-state index is 0.546. The summed E-state index contributed by atoms with van der Waals surface area (Å²) in [7, 11) is -0.791. The maximum Gasteiger partial charge on any atom is 0.0483 e. The first-order chi connectivity index (χ1) is 10.1. The van der Waals surface area contributed by atoms with Crippen molar-refractivity contribution in [2.75, 3.05) is 18.1 Å². The summed E-state index contributed by atoms with van der Waals surface area (Å²) in [4.78, 5) is 0. The molecule has 1 N–H and O–H groups in total. The predicted octanol–water partition coefficient (Wildman–Crippen LogP) is 4.17. The van der Waals surface area contributed by atoms with Crippen LogP contribution in [0.3, 0.4) is 0 Å². The van der Waals surface area contributed by atoms with Gasteiger partial charge in [-0.1, -0.05) is 49.4 Å².